The van der Waals surface area contributed by atoms with E-state index in [1.165, 1.54) is 26.4 Å². The summed E-state index contributed by atoms with van der Waals surface area (Å²) in [6.07, 6.45) is -0.0526. The van der Waals surface area contributed by atoms with Crippen molar-refractivity contribution < 1.29 is 37.4 Å². The van der Waals surface area contributed by atoms with Gasteiger partial charge in [0.2, 0.25) is 23.1 Å². The minimum atomic E-state index is -1.97. The molecule has 0 aromatic heterocycles. The Kier molecular flexibility index (Phi) is 5.36. The molecule has 0 fully saturated rings. The number of halogens is 3. The summed E-state index contributed by atoms with van der Waals surface area (Å²) in [6, 6.07) is 4.65. The van der Waals surface area contributed by atoms with E-state index in [-0.39, 0.29) is 57.7 Å². The molecule has 1 aliphatic carbocycles. The quantitative estimate of drug-likeness (QED) is 0.634. The average molecular weight is 504 g/mol. The number of ether oxygens (including phenoxy) is 3. The summed E-state index contributed by atoms with van der Waals surface area (Å²) in [6.45, 7) is 1.66. The van der Waals surface area contributed by atoms with Gasteiger partial charge in [0.1, 0.15) is 22.1 Å². The Morgan fingerprint density at radius 2 is 1.74 bits per heavy atom. The lowest BCUT2D eigenvalue weighted by molar-refractivity contribution is -0.131. The number of hydrogen-bond donors (Lipinski definition) is 1. The van der Waals surface area contributed by atoms with Crippen molar-refractivity contribution >= 4 is 29.1 Å². The maximum atomic E-state index is 14.1. The van der Waals surface area contributed by atoms with Gasteiger partial charge in [0.25, 0.3) is 0 Å². The van der Waals surface area contributed by atoms with Crippen LogP contribution in [0, 0.1) is 17.6 Å². The summed E-state index contributed by atoms with van der Waals surface area (Å²) in [7, 11) is 2.76. The summed E-state index contributed by atoms with van der Waals surface area (Å²) in [5, 5.41) is 2.73. The first kappa shape index (κ1) is 23.3. The molecular weight excluding hydrogens is 484 g/mol. The number of methoxy groups -OCH3 is 2. The molecule has 1 N–H and O–H groups in total. The Bertz CT molecular complexity index is 1360. The number of fused-ring (bicyclic) bond motifs is 1. The fraction of sp³-hybridized carbons (Fsp3) is 0.320. The SMILES string of the molecule is COc1cc(OC)c2c(c1Cl)OC1(C(=O)C3=C(CC1C)NC(=O)CC3c1ccc(F)c(F)c1)C2=O. The van der Waals surface area contributed by atoms with Gasteiger partial charge < -0.3 is 19.5 Å². The Labute approximate surface area is 204 Å². The van der Waals surface area contributed by atoms with E-state index in [1.54, 1.807) is 6.92 Å². The molecule has 0 saturated heterocycles. The average Bonchev–Trinajstić information content (AvgIpc) is 3.14. The second kappa shape index (κ2) is 8.05. The molecule has 5 rings (SSSR count). The van der Waals surface area contributed by atoms with Crippen LogP contribution in [0.2, 0.25) is 5.02 Å². The molecule has 2 aliphatic heterocycles. The number of carbonyl (C=O) groups excluding carboxylic acids is 3. The first-order valence-electron chi connectivity index (χ1n) is 10.8. The van der Waals surface area contributed by atoms with Crippen LogP contribution < -0.4 is 19.5 Å². The second-order valence-electron chi connectivity index (χ2n) is 8.77. The highest BCUT2D eigenvalue weighted by atomic mass is 35.5. The van der Waals surface area contributed by atoms with Crippen molar-refractivity contribution in [1.82, 2.24) is 5.32 Å². The van der Waals surface area contributed by atoms with Crippen molar-refractivity contribution in [3.63, 3.8) is 0 Å². The molecule has 2 aromatic carbocycles. The summed E-state index contributed by atoms with van der Waals surface area (Å²) in [5.41, 5.74) is -1.25. The molecule has 0 radical (unpaired) electrons. The van der Waals surface area contributed by atoms with Gasteiger partial charge in [-0.3, -0.25) is 14.4 Å². The smallest absolute Gasteiger partial charge is 0.236 e. The molecule has 0 bridgehead atoms. The van der Waals surface area contributed by atoms with Crippen molar-refractivity contribution in [2.75, 3.05) is 14.2 Å². The van der Waals surface area contributed by atoms with E-state index in [0.29, 0.717) is 5.70 Å². The fourth-order valence-corrected chi connectivity index (χ4v) is 5.47. The fourth-order valence-electron chi connectivity index (χ4n) is 5.20. The lowest BCUT2D eigenvalue weighted by Crippen LogP contribution is -2.59. The molecule has 1 amide bonds. The molecular formula is C25H20ClF2NO6. The summed E-state index contributed by atoms with van der Waals surface area (Å²) < 4.78 is 44.4. The van der Waals surface area contributed by atoms with Crippen molar-refractivity contribution in [3.05, 3.63) is 63.3 Å². The van der Waals surface area contributed by atoms with E-state index < -0.39 is 40.6 Å². The molecule has 2 aromatic rings. The summed E-state index contributed by atoms with van der Waals surface area (Å²) in [4.78, 5) is 40.5. The molecule has 2 heterocycles. The zero-order valence-electron chi connectivity index (χ0n) is 19.0. The Hall–Kier alpha value is -3.46. The zero-order valence-corrected chi connectivity index (χ0v) is 19.7. The molecule has 7 nitrogen and oxygen atoms in total. The number of hydrogen-bond acceptors (Lipinski definition) is 6. The van der Waals surface area contributed by atoms with Gasteiger partial charge in [-0.1, -0.05) is 24.6 Å². The normalized spacial score (nSPS) is 25.3. The van der Waals surface area contributed by atoms with Crippen molar-refractivity contribution in [2.24, 2.45) is 5.92 Å². The molecule has 3 atom stereocenters. The topological polar surface area (TPSA) is 90.9 Å². The molecule has 1 spiro atoms. The van der Waals surface area contributed by atoms with Gasteiger partial charge in [-0.15, -0.1) is 0 Å². The number of benzene rings is 2. The van der Waals surface area contributed by atoms with Gasteiger partial charge in [0, 0.05) is 35.6 Å². The molecule has 0 saturated carbocycles. The lowest BCUT2D eigenvalue weighted by atomic mass is 9.66. The van der Waals surface area contributed by atoms with Crippen LogP contribution in [0.5, 0.6) is 17.2 Å². The summed E-state index contributed by atoms with van der Waals surface area (Å²) >= 11 is 6.44. The van der Waals surface area contributed by atoms with Crippen LogP contribution in [0.4, 0.5) is 8.78 Å². The Morgan fingerprint density at radius 1 is 1.03 bits per heavy atom. The minimum Gasteiger partial charge on any atom is -0.496 e. The predicted octanol–water partition coefficient (Wildman–Crippen LogP) is 4.12. The van der Waals surface area contributed by atoms with Crippen molar-refractivity contribution in [2.45, 2.75) is 31.3 Å². The molecule has 182 valence electrons. The predicted molar refractivity (Wildman–Crippen MR) is 120 cm³/mol. The molecule has 35 heavy (non-hydrogen) atoms. The number of carbonyl (C=O) groups is 3. The first-order chi connectivity index (χ1) is 16.6. The third kappa shape index (κ3) is 3.17. The van der Waals surface area contributed by atoms with Crippen LogP contribution >= 0.6 is 11.6 Å². The number of rotatable bonds is 3. The van der Waals surface area contributed by atoms with E-state index in [0.717, 1.165) is 12.1 Å². The van der Waals surface area contributed by atoms with Crippen LogP contribution in [-0.4, -0.2) is 37.3 Å². The molecule has 3 unspecified atom stereocenters. The van der Waals surface area contributed by atoms with Crippen molar-refractivity contribution in [1.29, 1.82) is 0 Å². The number of nitrogens with one attached hydrogen (secondary N) is 1. The monoisotopic (exact) mass is 503 g/mol. The molecule has 3 aliphatic rings. The maximum Gasteiger partial charge on any atom is 0.236 e. The van der Waals surface area contributed by atoms with E-state index in [4.69, 9.17) is 25.8 Å². The number of Topliss-reactive ketones (excluding diaryl/α,β-unsaturated/α-hetero) is 2. The standard InChI is InChI=1S/C25H20ClF2NO6/c1-10-6-15-19(12(8-18(30)29-15)11-4-5-13(27)14(28)7-11)23(31)25(10)24(32)20-16(33-2)9-17(34-3)21(26)22(20)35-25/h4-5,7,9-10,12H,6,8H2,1-3H3,(H,29,30). The van der Waals surface area contributed by atoms with Crippen LogP contribution in [0.1, 0.15) is 41.6 Å². The highest BCUT2D eigenvalue weighted by Gasteiger charge is 2.63. The van der Waals surface area contributed by atoms with Gasteiger partial charge in [0.05, 0.1) is 14.2 Å². The number of allylic oxidation sites excluding steroid dienone is 1. The third-order valence-corrected chi connectivity index (χ3v) is 7.26. The number of amides is 1. The summed E-state index contributed by atoms with van der Waals surface area (Å²) in [5.74, 6) is -5.09. The van der Waals surface area contributed by atoms with Crippen LogP contribution in [0.3, 0.4) is 0 Å². The zero-order chi connectivity index (χ0) is 25.2. The lowest BCUT2D eigenvalue weighted by Gasteiger charge is -2.41. The van der Waals surface area contributed by atoms with Gasteiger partial charge in [-0.05, 0) is 24.1 Å². The van der Waals surface area contributed by atoms with Crippen LogP contribution in [-0.2, 0) is 9.59 Å². The second-order valence-corrected chi connectivity index (χ2v) is 9.15. The highest BCUT2D eigenvalue weighted by Crippen LogP contribution is 2.55. The van der Waals surface area contributed by atoms with E-state index in [1.807, 2.05) is 0 Å². The first-order valence-corrected chi connectivity index (χ1v) is 11.2. The third-order valence-electron chi connectivity index (χ3n) is 6.90. The minimum absolute atomic E-state index is 0.0161. The van der Waals surface area contributed by atoms with E-state index in [9.17, 15) is 23.2 Å². The van der Waals surface area contributed by atoms with Gasteiger partial charge in [-0.2, -0.15) is 0 Å². The van der Waals surface area contributed by atoms with Crippen LogP contribution in [0.25, 0.3) is 0 Å². The van der Waals surface area contributed by atoms with Crippen LogP contribution in [0.15, 0.2) is 35.5 Å². The molecule has 10 heteroatoms. The van der Waals surface area contributed by atoms with E-state index in [2.05, 4.69) is 5.32 Å². The van der Waals surface area contributed by atoms with Gasteiger partial charge >= 0.3 is 0 Å². The largest absolute Gasteiger partial charge is 0.496 e. The highest BCUT2D eigenvalue weighted by molar-refractivity contribution is 6.36. The van der Waals surface area contributed by atoms with Gasteiger partial charge in [-0.25, -0.2) is 8.78 Å². The Balaban J connectivity index is 1.67. The van der Waals surface area contributed by atoms with Gasteiger partial charge in [0.15, 0.2) is 17.4 Å². The Morgan fingerprint density at radius 3 is 2.40 bits per heavy atom. The maximum absolute atomic E-state index is 14.1. The van der Waals surface area contributed by atoms with E-state index >= 15 is 0 Å². The number of ketones is 2. The van der Waals surface area contributed by atoms with Crippen molar-refractivity contribution in [3.8, 4) is 17.2 Å².